The van der Waals surface area contributed by atoms with Crippen molar-refractivity contribution in [2.24, 2.45) is 0 Å². The Bertz CT molecular complexity index is 1150. The molecule has 2 heterocycles. The van der Waals surface area contributed by atoms with Crippen LogP contribution in [-0.2, 0) is 4.79 Å². The molecule has 1 aliphatic rings. The van der Waals surface area contributed by atoms with Crippen molar-refractivity contribution in [2.45, 2.75) is 6.18 Å². The summed E-state index contributed by atoms with van der Waals surface area (Å²) in [7, 11) is 0. The smallest absolute Gasteiger partial charge is 0.358 e. The van der Waals surface area contributed by atoms with E-state index in [0.717, 1.165) is 0 Å². The van der Waals surface area contributed by atoms with Crippen molar-refractivity contribution < 1.29 is 27.6 Å². The number of para-hydroxylation sites is 1. The van der Waals surface area contributed by atoms with Crippen LogP contribution in [0.4, 0.5) is 18.9 Å². The number of alkyl halides is 3. The molecule has 3 aromatic rings. The van der Waals surface area contributed by atoms with E-state index in [9.17, 15) is 27.6 Å². The monoisotopic (exact) mass is 385 g/mol. The molecule has 2 aromatic heterocycles. The molecule has 28 heavy (non-hydrogen) atoms. The number of aromatic amines is 1. The molecule has 0 fully saturated rings. The molecule has 1 aromatic carbocycles. The van der Waals surface area contributed by atoms with Gasteiger partial charge in [0.2, 0.25) is 11.6 Å². The van der Waals surface area contributed by atoms with Crippen LogP contribution in [0, 0.1) is 0 Å². The van der Waals surface area contributed by atoms with E-state index in [1.807, 2.05) is 5.32 Å². The zero-order chi connectivity index (χ0) is 20.1. The van der Waals surface area contributed by atoms with Crippen LogP contribution in [0.2, 0.25) is 0 Å². The van der Waals surface area contributed by atoms with Crippen LogP contribution < -0.4 is 5.32 Å². The van der Waals surface area contributed by atoms with Crippen LogP contribution in [0.1, 0.15) is 32.1 Å². The van der Waals surface area contributed by atoms with Crippen LogP contribution in [0.3, 0.4) is 0 Å². The van der Waals surface area contributed by atoms with Gasteiger partial charge in [0.1, 0.15) is 5.69 Å². The summed E-state index contributed by atoms with van der Waals surface area (Å²) in [5, 5.41) is 1.81. The van der Waals surface area contributed by atoms with E-state index >= 15 is 0 Å². The van der Waals surface area contributed by atoms with Crippen LogP contribution in [0.5, 0.6) is 0 Å². The maximum absolute atomic E-state index is 12.9. The molecule has 2 N–H and O–H groups in total. The fourth-order valence-corrected chi connectivity index (χ4v) is 3.11. The second kappa shape index (κ2) is 6.15. The summed E-state index contributed by atoms with van der Waals surface area (Å²) in [6.07, 6.45) is -2.33. The van der Waals surface area contributed by atoms with E-state index < -0.39 is 23.6 Å². The van der Waals surface area contributed by atoms with E-state index in [-0.39, 0.29) is 39.3 Å². The standard InChI is InChI=1S/C19H10F3N3O3/c20-19(21,22)18(28)25-12-4-2-1-3-9(12)10-5-7-24-15-13(10)17(27)14-11(16(15)26)6-8-23-14/h1-8,23H,(H,25,28). The van der Waals surface area contributed by atoms with Gasteiger partial charge in [-0.25, -0.2) is 0 Å². The maximum atomic E-state index is 12.9. The van der Waals surface area contributed by atoms with Crippen molar-refractivity contribution in [3.8, 4) is 11.1 Å². The third kappa shape index (κ3) is 2.68. The Morgan fingerprint density at radius 1 is 0.964 bits per heavy atom. The Hall–Kier alpha value is -3.75. The van der Waals surface area contributed by atoms with Gasteiger partial charge in [-0.1, -0.05) is 18.2 Å². The minimum Gasteiger partial charge on any atom is -0.358 e. The fraction of sp³-hybridized carbons (Fsp3) is 0.0526. The molecule has 9 heteroatoms. The molecule has 140 valence electrons. The number of amides is 1. The molecule has 1 amide bonds. The highest BCUT2D eigenvalue weighted by molar-refractivity contribution is 6.29. The number of nitrogens with zero attached hydrogens (tertiary/aromatic N) is 1. The van der Waals surface area contributed by atoms with E-state index in [1.54, 1.807) is 6.07 Å². The number of rotatable bonds is 2. The highest BCUT2D eigenvalue weighted by atomic mass is 19.4. The summed E-state index contributed by atoms with van der Waals surface area (Å²) in [5.74, 6) is -3.11. The Labute approximate surface area is 155 Å². The van der Waals surface area contributed by atoms with Crippen LogP contribution in [0.15, 0.2) is 48.8 Å². The third-order valence-electron chi connectivity index (χ3n) is 4.33. The number of carbonyl (C=O) groups excluding carboxylic acids is 3. The number of fused-ring (bicyclic) bond motifs is 2. The largest absolute Gasteiger partial charge is 0.471 e. The van der Waals surface area contributed by atoms with Gasteiger partial charge in [-0.3, -0.25) is 19.4 Å². The minimum atomic E-state index is -5.07. The van der Waals surface area contributed by atoms with Crippen LogP contribution >= 0.6 is 0 Å². The van der Waals surface area contributed by atoms with Gasteiger partial charge in [0.25, 0.3) is 0 Å². The van der Waals surface area contributed by atoms with E-state index in [1.165, 1.54) is 42.7 Å². The number of halogens is 3. The average Bonchev–Trinajstić information content (AvgIpc) is 3.16. The van der Waals surface area contributed by atoms with Gasteiger partial charge < -0.3 is 10.3 Å². The van der Waals surface area contributed by atoms with Crippen LogP contribution in [0.25, 0.3) is 11.1 Å². The van der Waals surface area contributed by atoms with Gasteiger partial charge in [-0.05, 0) is 23.8 Å². The molecule has 0 spiro atoms. The number of ketones is 2. The second-order valence-corrected chi connectivity index (χ2v) is 6.00. The Morgan fingerprint density at radius 2 is 1.71 bits per heavy atom. The van der Waals surface area contributed by atoms with Crippen molar-refractivity contribution in [3.63, 3.8) is 0 Å². The summed E-state index contributed by atoms with van der Waals surface area (Å²) in [4.78, 5) is 43.6. The maximum Gasteiger partial charge on any atom is 0.471 e. The average molecular weight is 385 g/mol. The summed E-state index contributed by atoms with van der Waals surface area (Å²) in [6.45, 7) is 0. The predicted molar refractivity (Wildman–Crippen MR) is 92.0 cm³/mol. The number of anilines is 1. The van der Waals surface area contributed by atoms with Gasteiger partial charge in [0.15, 0.2) is 0 Å². The molecule has 0 saturated heterocycles. The first-order chi connectivity index (χ1) is 13.3. The van der Waals surface area contributed by atoms with E-state index in [2.05, 4.69) is 9.97 Å². The zero-order valence-electron chi connectivity index (χ0n) is 13.9. The molecule has 0 aliphatic heterocycles. The molecule has 0 bridgehead atoms. The number of aromatic nitrogens is 2. The Balaban J connectivity index is 1.88. The van der Waals surface area contributed by atoms with Crippen molar-refractivity contribution in [3.05, 3.63) is 71.3 Å². The molecular weight excluding hydrogens is 375 g/mol. The first-order valence-corrected chi connectivity index (χ1v) is 8.02. The Morgan fingerprint density at radius 3 is 2.46 bits per heavy atom. The van der Waals surface area contributed by atoms with Gasteiger partial charge >= 0.3 is 12.1 Å². The van der Waals surface area contributed by atoms with Crippen molar-refractivity contribution in [1.82, 2.24) is 9.97 Å². The number of nitrogens with one attached hydrogen (secondary N) is 2. The molecule has 0 atom stereocenters. The van der Waals surface area contributed by atoms with Crippen molar-refractivity contribution in [2.75, 3.05) is 5.32 Å². The number of hydrogen-bond donors (Lipinski definition) is 2. The molecule has 0 unspecified atom stereocenters. The molecule has 0 radical (unpaired) electrons. The van der Waals surface area contributed by atoms with E-state index in [4.69, 9.17) is 0 Å². The number of pyridine rings is 1. The molecule has 4 rings (SSSR count). The summed E-state index contributed by atoms with van der Waals surface area (Å²) in [6, 6.07) is 8.59. The lowest BCUT2D eigenvalue weighted by Crippen LogP contribution is -2.30. The molecule has 0 saturated carbocycles. The Kier molecular flexibility index (Phi) is 3.88. The number of carbonyl (C=O) groups is 3. The topological polar surface area (TPSA) is 91.9 Å². The number of H-pyrrole nitrogens is 1. The van der Waals surface area contributed by atoms with Crippen molar-refractivity contribution >= 4 is 23.2 Å². The lowest BCUT2D eigenvalue weighted by atomic mass is 9.86. The zero-order valence-corrected chi connectivity index (χ0v) is 13.9. The minimum absolute atomic E-state index is 0.0313. The lowest BCUT2D eigenvalue weighted by molar-refractivity contribution is -0.167. The molecule has 6 nitrogen and oxygen atoms in total. The molecular formula is C19H10F3N3O3. The second-order valence-electron chi connectivity index (χ2n) is 6.00. The third-order valence-corrected chi connectivity index (χ3v) is 4.33. The van der Waals surface area contributed by atoms with Gasteiger partial charge in [-0.2, -0.15) is 13.2 Å². The van der Waals surface area contributed by atoms with Gasteiger partial charge in [0.05, 0.1) is 16.8 Å². The van der Waals surface area contributed by atoms with Gasteiger partial charge in [-0.15, -0.1) is 0 Å². The fourth-order valence-electron chi connectivity index (χ4n) is 3.11. The SMILES string of the molecule is O=C1c2cc[nH]c2C(=O)c2c(-c3ccccc3NC(=O)C(F)(F)F)ccnc21. The van der Waals surface area contributed by atoms with Crippen LogP contribution in [-0.4, -0.2) is 33.6 Å². The summed E-state index contributed by atoms with van der Waals surface area (Å²) in [5.41, 5.74) is 0.361. The normalized spacial score (nSPS) is 13.1. The lowest BCUT2D eigenvalue weighted by Gasteiger charge is -2.19. The first kappa shape index (κ1) is 17.7. The first-order valence-electron chi connectivity index (χ1n) is 8.02. The number of benzene rings is 1. The highest BCUT2D eigenvalue weighted by Gasteiger charge is 2.39. The quantitative estimate of drug-likeness (QED) is 0.554. The predicted octanol–water partition coefficient (Wildman–Crippen LogP) is 3.35. The number of hydrogen-bond acceptors (Lipinski definition) is 4. The molecule has 1 aliphatic carbocycles. The van der Waals surface area contributed by atoms with Gasteiger partial charge in [0, 0.05) is 23.6 Å². The summed E-state index contributed by atoms with van der Waals surface area (Å²) >= 11 is 0. The van der Waals surface area contributed by atoms with E-state index in [0.29, 0.717) is 0 Å². The summed E-state index contributed by atoms with van der Waals surface area (Å²) < 4.78 is 38.0. The highest BCUT2D eigenvalue weighted by Crippen LogP contribution is 2.36. The van der Waals surface area contributed by atoms with Crippen molar-refractivity contribution in [1.29, 1.82) is 0 Å².